The summed E-state index contributed by atoms with van der Waals surface area (Å²) in [5.74, 6) is -0.174. The van der Waals surface area contributed by atoms with E-state index in [0.717, 1.165) is 28.8 Å². The number of ether oxygens (including phenoxy) is 1. The summed E-state index contributed by atoms with van der Waals surface area (Å²) in [7, 11) is 0. The molecule has 1 aliphatic carbocycles. The van der Waals surface area contributed by atoms with Gasteiger partial charge in [-0.2, -0.15) is 0 Å². The molecule has 1 heterocycles. The lowest BCUT2D eigenvalue weighted by atomic mass is 10.1. The molecule has 110 valence electrons. The molecule has 0 saturated heterocycles. The Balaban J connectivity index is 1.89. The van der Waals surface area contributed by atoms with E-state index in [-0.39, 0.29) is 12.0 Å². The fourth-order valence-electron chi connectivity index (χ4n) is 2.98. The summed E-state index contributed by atoms with van der Waals surface area (Å²) in [4.78, 5) is 15.6. The Morgan fingerprint density at radius 2 is 2.10 bits per heavy atom. The minimum absolute atomic E-state index is 0.0163. The fraction of sp³-hybridized carbons (Fsp3) is 0.412. The van der Waals surface area contributed by atoms with Gasteiger partial charge in [0, 0.05) is 17.1 Å². The Morgan fingerprint density at radius 3 is 2.81 bits per heavy atom. The molecular weight excluding hydrogens is 266 g/mol. The fourth-order valence-corrected chi connectivity index (χ4v) is 2.98. The first-order valence-electron chi connectivity index (χ1n) is 7.30. The maximum absolute atomic E-state index is 11.0. The topological polar surface area (TPSA) is 59.4 Å². The third-order valence-electron chi connectivity index (χ3n) is 4.08. The van der Waals surface area contributed by atoms with Crippen LogP contribution < -0.4 is 4.74 Å². The third kappa shape index (κ3) is 2.84. The molecule has 3 rings (SSSR count). The molecule has 1 aromatic carbocycles. The van der Waals surface area contributed by atoms with Crippen molar-refractivity contribution >= 4 is 16.9 Å². The third-order valence-corrected chi connectivity index (χ3v) is 4.08. The van der Waals surface area contributed by atoms with Gasteiger partial charge in [-0.25, -0.2) is 0 Å². The monoisotopic (exact) mass is 285 g/mol. The molecule has 0 radical (unpaired) electrons. The second kappa shape index (κ2) is 5.35. The maximum Gasteiger partial charge on any atom is 0.306 e. The molecule has 21 heavy (non-hydrogen) atoms. The Hall–Kier alpha value is -2.10. The van der Waals surface area contributed by atoms with Crippen molar-refractivity contribution in [3.05, 3.63) is 35.5 Å². The van der Waals surface area contributed by atoms with Crippen molar-refractivity contribution in [1.82, 2.24) is 4.98 Å². The van der Waals surface area contributed by atoms with Crippen LogP contribution in [0.1, 0.15) is 30.5 Å². The first-order valence-corrected chi connectivity index (χ1v) is 7.30. The Kier molecular flexibility index (Phi) is 3.53. The highest BCUT2D eigenvalue weighted by atomic mass is 16.5. The lowest BCUT2D eigenvalue weighted by Gasteiger charge is -2.16. The van der Waals surface area contributed by atoms with E-state index in [9.17, 15) is 4.79 Å². The molecule has 0 aliphatic heterocycles. The van der Waals surface area contributed by atoms with Crippen molar-refractivity contribution in [2.75, 3.05) is 0 Å². The molecule has 1 N–H and O–H groups in total. The highest BCUT2D eigenvalue weighted by molar-refractivity contribution is 5.85. The van der Waals surface area contributed by atoms with Gasteiger partial charge >= 0.3 is 5.97 Å². The SMILES string of the molecule is Cc1ccc2c(O[C@H]3CCC(C(=O)O)C3)cc(C)nc2c1. The van der Waals surface area contributed by atoms with Gasteiger partial charge in [-0.05, 0) is 50.8 Å². The number of hydrogen-bond donors (Lipinski definition) is 1. The molecule has 1 unspecified atom stereocenters. The smallest absolute Gasteiger partial charge is 0.306 e. The zero-order valence-electron chi connectivity index (χ0n) is 12.3. The van der Waals surface area contributed by atoms with Gasteiger partial charge in [-0.3, -0.25) is 9.78 Å². The lowest BCUT2D eigenvalue weighted by molar-refractivity contribution is -0.141. The van der Waals surface area contributed by atoms with Crippen LogP contribution in [0.25, 0.3) is 10.9 Å². The first-order chi connectivity index (χ1) is 10.0. The van der Waals surface area contributed by atoms with Gasteiger partial charge in [0.2, 0.25) is 0 Å². The van der Waals surface area contributed by atoms with E-state index in [4.69, 9.17) is 9.84 Å². The quantitative estimate of drug-likeness (QED) is 0.938. The maximum atomic E-state index is 11.0. The van der Waals surface area contributed by atoms with E-state index in [2.05, 4.69) is 4.98 Å². The molecule has 0 spiro atoms. The number of carboxylic acids is 1. The van der Waals surface area contributed by atoms with Crippen LogP contribution >= 0.6 is 0 Å². The van der Waals surface area contributed by atoms with Gasteiger partial charge in [0.05, 0.1) is 17.5 Å². The van der Waals surface area contributed by atoms with Crippen LogP contribution in [0.5, 0.6) is 5.75 Å². The molecule has 1 aromatic heterocycles. The highest BCUT2D eigenvalue weighted by Gasteiger charge is 2.31. The Labute approximate surface area is 123 Å². The number of carboxylic acid groups (broad SMARTS) is 1. The van der Waals surface area contributed by atoms with Crippen molar-refractivity contribution in [3.63, 3.8) is 0 Å². The second-order valence-electron chi connectivity index (χ2n) is 5.87. The van der Waals surface area contributed by atoms with E-state index in [1.807, 2.05) is 38.1 Å². The van der Waals surface area contributed by atoms with Crippen LogP contribution in [0.3, 0.4) is 0 Å². The molecule has 2 atom stereocenters. The van der Waals surface area contributed by atoms with Crippen LogP contribution in [0.4, 0.5) is 0 Å². The molecule has 1 aliphatic rings. The average molecular weight is 285 g/mol. The number of fused-ring (bicyclic) bond motifs is 1. The molecule has 4 nitrogen and oxygen atoms in total. The number of pyridine rings is 1. The summed E-state index contributed by atoms with van der Waals surface area (Å²) >= 11 is 0. The summed E-state index contributed by atoms with van der Waals surface area (Å²) in [5.41, 5.74) is 3.01. The zero-order chi connectivity index (χ0) is 15.0. The van der Waals surface area contributed by atoms with Crippen molar-refractivity contribution in [2.24, 2.45) is 5.92 Å². The average Bonchev–Trinajstić information content (AvgIpc) is 2.86. The van der Waals surface area contributed by atoms with E-state index >= 15 is 0 Å². The number of aliphatic carboxylic acids is 1. The molecule has 2 aromatic rings. The van der Waals surface area contributed by atoms with Gasteiger partial charge in [0.15, 0.2) is 0 Å². The molecule has 1 fully saturated rings. The number of aromatic nitrogens is 1. The van der Waals surface area contributed by atoms with Crippen molar-refractivity contribution in [2.45, 2.75) is 39.2 Å². The van der Waals surface area contributed by atoms with Gasteiger partial charge in [0.1, 0.15) is 5.75 Å². The highest BCUT2D eigenvalue weighted by Crippen LogP contribution is 2.33. The van der Waals surface area contributed by atoms with Gasteiger partial charge in [-0.1, -0.05) is 6.07 Å². The standard InChI is InChI=1S/C17H19NO3/c1-10-3-6-14-15(7-10)18-11(2)8-16(14)21-13-5-4-12(9-13)17(19)20/h3,6-8,12-13H,4-5,9H2,1-2H3,(H,19,20)/t12?,13-/m0/s1. The summed E-state index contributed by atoms with van der Waals surface area (Å²) < 4.78 is 6.09. The molecule has 1 saturated carbocycles. The molecule has 4 heteroatoms. The minimum Gasteiger partial charge on any atom is -0.490 e. The van der Waals surface area contributed by atoms with Gasteiger partial charge in [0.25, 0.3) is 0 Å². The van der Waals surface area contributed by atoms with E-state index in [1.165, 1.54) is 5.56 Å². The normalized spacial score (nSPS) is 21.6. The summed E-state index contributed by atoms with van der Waals surface area (Å²) in [6.45, 7) is 3.99. The molecular formula is C17H19NO3. The number of carbonyl (C=O) groups is 1. The first kappa shape index (κ1) is 13.9. The summed E-state index contributed by atoms with van der Waals surface area (Å²) in [6, 6.07) is 8.05. The Bertz CT molecular complexity index is 690. The van der Waals surface area contributed by atoms with Gasteiger partial charge < -0.3 is 9.84 Å². The number of aryl methyl sites for hydroxylation is 2. The Morgan fingerprint density at radius 1 is 1.29 bits per heavy atom. The number of rotatable bonds is 3. The van der Waals surface area contributed by atoms with E-state index in [0.29, 0.717) is 12.8 Å². The van der Waals surface area contributed by atoms with Crippen LogP contribution in [0.2, 0.25) is 0 Å². The van der Waals surface area contributed by atoms with Gasteiger partial charge in [-0.15, -0.1) is 0 Å². The predicted molar refractivity (Wildman–Crippen MR) is 80.6 cm³/mol. The van der Waals surface area contributed by atoms with Crippen molar-refractivity contribution in [1.29, 1.82) is 0 Å². The molecule has 0 amide bonds. The summed E-state index contributed by atoms with van der Waals surface area (Å²) in [6.07, 6.45) is 2.06. The van der Waals surface area contributed by atoms with Crippen LogP contribution in [0, 0.1) is 19.8 Å². The van der Waals surface area contributed by atoms with Crippen molar-refractivity contribution < 1.29 is 14.6 Å². The largest absolute Gasteiger partial charge is 0.490 e. The minimum atomic E-state index is -0.715. The summed E-state index contributed by atoms with van der Waals surface area (Å²) in [5, 5.41) is 10.1. The number of nitrogens with zero attached hydrogens (tertiary/aromatic N) is 1. The van der Waals surface area contributed by atoms with Crippen LogP contribution in [-0.4, -0.2) is 22.2 Å². The molecule has 0 bridgehead atoms. The van der Waals surface area contributed by atoms with Crippen molar-refractivity contribution in [3.8, 4) is 5.75 Å². The van der Waals surface area contributed by atoms with Crippen LogP contribution in [-0.2, 0) is 4.79 Å². The zero-order valence-corrected chi connectivity index (χ0v) is 12.3. The van der Waals surface area contributed by atoms with Crippen LogP contribution in [0.15, 0.2) is 24.3 Å². The number of hydrogen-bond acceptors (Lipinski definition) is 3. The predicted octanol–water partition coefficient (Wildman–Crippen LogP) is 3.48. The second-order valence-corrected chi connectivity index (χ2v) is 5.87. The van der Waals surface area contributed by atoms with E-state index < -0.39 is 5.97 Å². The van der Waals surface area contributed by atoms with E-state index in [1.54, 1.807) is 0 Å². The number of benzene rings is 1. The lowest BCUT2D eigenvalue weighted by Crippen LogP contribution is -2.15.